The molecule has 3 atom stereocenters. The van der Waals surface area contributed by atoms with Gasteiger partial charge in [0.2, 0.25) is 5.91 Å². The monoisotopic (exact) mass is 323 g/mol. The Kier molecular flexibility index (Phi) is 4.65. The van der Waals surface area contributed by atoms with E-state index in [0.717, 1.165) is 11.8 Å². The van der Waals surface area contributed by atoms with Gasteiger partial charge >= 0.3 is 5.97 Å². The van der Waals surface area contributed by atoms with E-state index in [9.17, 15) is 14.7 Å². The lowest BCUT2D eigenvalue weighted by atomic mass is 10.00. The van der Waals surface area contributed by atoms with Gasteiger partial charge in [0.25, 0.3) is 0 Å². The van der Waals surface area contributed by atoms with Crippen molar-refractivity contribution in [1.82, 2.24) is 5.32 Å². The van der Waals surface area contributed by atoms with Gasteiger partial charge in [-0.15, -0.1) is 6.58 Å². The van der Waals surface area contributed by atoms with Crippen molar-refractivity contribution >= 4 is 22.6 Å². The van der Waals surface area contributed by atoms with Crippen molar-refractivity contribution in [1.29, 1.82) is 0 Å². The van der Waals surface area contributed by atoms with Gasteiger partial charge in [0.05, 0.1) is 0 Å². The number of fused-ring (bicyclic) bond motifs is 1. The SMILES string of the molecule is C=CCCC(NC(=O)C1CC1c1cccc2ccccc12)C(=O)O. The number of hydrogen-bond donors (Lipinski definition) is 2. The molecule has 1 aliphatic carbocycles. The van der Waals surface area contributed by atoms with Gasteiger partial charge in [0.1, 0.15) is 6.04 Å². The summed E-state index contributed by atoms with van der Waals surface area (Å²) in [5.74, 6) is -1.12. The lowest BCUT2D eigenvalue weighted by molar-refractivity contribution is -0.142. The second-order valence-electron chi connectivity index (χ2n) is 6.28. The van der Waals surface area contributed by atoms with Gasteiger partial charge in [0, 0.05) is 5.92 Å². The molecule has 1 amide bonds. The van der Waals surface area contributed by atoms with Crippen molar-refractivity contribution in [3.05, 3.63) is 60.7 Å². The van der Waals surface area contributed by atoms with Crippen LogP contribution < -0.4 is 5.32 Å². The lowest BCUT2D eigenvalue weighted by Gasteiger charge is -2.13. The van der Waals surface area contributed by atoms with Crippen molar-refractivity contribution in [2.45, 2.75) is 31.2 Å². The van der Waals surface area contributed by atoms with Gasteiger partial charge < -0.3 is 10.4 Å². The summed E-state index contributed by atoms with van der Waals surface area (Å²) in [5.41, 5.74) is 1.17. The third-order valence-corrected chi connectivity index (χ3v) is 4.62. The summed E-state index contributed by atoms with van der Waals surface area (Å²) in [6.45, 7) is 3.59. The summed E-state index contributed by atoms with van der Waals surface area (Å²) in [6.07, 6.45) is 3.37. The van der Waals surface area contributed by atoms with E-state index in [0.29, 0.717) is 12.8 Å². The van der Waals surface area contributed by atoms with Crippen LogP contribution in [0.25, 0.3) is 10.8 Å². The van der Waals surface area contributed by atoms with Gasteiger partial charge in [-0.1, -0.05) is 48.5 Å². The van der Waals surface area contributed by atoms with Crippen LogP contribution in [0, 0.1) is 5.92 Å². The normalized spacial score (nSPS) is 20.3. The zero-order valence-electron chi connectivity index (χ0n) is 13.4. The first kappa shape index (κ1) is 16.2. The highest BCUT2D eigenvalue weighted by Gasteiger charge is 2.45. The molecule has 0 aromatic heterocycles. The number of nitrogens with one attached hydrogen (secondary N) is 1. The van der Waals surface area contributed by atoms with Crippen LogP contribution in [0.5, 0.6) is 0 Å². The Morgan fingerprint density at radius 3 is 2.75 bits per heavy atom. The number of aliphatic carboxylic acids is 1. The van der Waals surface area contributed by atoms with Crippen LogP contribution in [-0.2, 0) is 9.59 Å². The molecule has 0 bridgehead atoms. The van der Waals surface area contributed by atoms with Gasteiger partial charge in [-0.2, -0.15) is 0 Å². The van der Waals surface area contributed by atoms with E-state index < -0.39 is 12.0 Å². The molecular formula is C20H21NO3. The van der Waals surface area contributed by atoms with Crippen LogP contribution >= 0.6 is 0 Å². The van der Waals surface area contributed by atoms with E-state index >= 15 is 0 Å². The maximum atomic E-state index is 12.4. The molecular weight excluding hydrogens is 302 g/mol. The van der Waals surface area contributed by atoms with Crippen LogP contribution in [0.1, 0.15) is 30.7 Å². The van der Waals surface area contributed by atoms with Crippen molar-refractivity contribution in [2.24, 2.45) is 5.92 Å². The molecule has 3 unspecified atom stereocenters. The highest BCUT2D eigenvalue weighted by molar-refractivity contribution is 5.91. The van der Waals surface area contributed by atoms with Crippen molar-refractivity contribution in [2.75, 3.05) is 0 Å². The molecule has 4 nitrogen and oxygen atoms in total. The second kappa shape index (κ2) is 6.87. The molecule has 4 heteroatoms. The van der Waals surface area contributed by atoms with Gasteiger partial charge in [0.15, 0.2) is 0 Å². The van der Waals surface area contributed by atoms with E-state index in [-0.39, 0.29) is 17.7 Å². The number of benzene rings is 2. The molecule has 1 aliphatic rings. The molecule has 0 aliphatic heterocycles. The summed E-state index contributed by atoms with van der Waals surface area (Å²) in [4.78, 5) is 23.7. The molecule has 0 saturated heterocycles. The van der Waals surface area contributed by atoms with Gasteiger partial charge in [-0.05, 0) is 41.5 Å². The molecule has 0 heterocycles. The molecule has 24 heavy (non-hydrogen) atoms. The Hall–Kier alpha value is -2.62. The van der Waals surface area contributed by atoms with Crippen LogP contribution in [0.15, 0.2) is 55.1 Å². The minimum Gasteiger partial charge on any atom is -0.480 e. The zero-order valence-corrected chi connectivity index (χ0v) is 13.4. The molecule has 0 radical (unpaired) electrons. The van der Waals surface area contributed by atoms with Gasteiger partial charge in [-0.3, -0.25) is 4.79 Å². The number of rotatable bonds is 7. The Morgan fingerprint density at radius 1 is 1.25 bits per heavy atom. The third-order valence-electron chi connectivity index (χ3n) is 4.62. The second-order valence-corrected chi connectivity index (χ2v) is 6.28. The molecule has 124 valence electrons. The first-order valence-electron chi connectivity index (χ1n) is 8.23. The highest BCUT2D eigenvalue weighted by atomic mass is 16.4. The van der Waals surface area contributed by atoms with Crippen molar-refractivity contribution in [3.63, 3.8) is 0 Å². The smallest absolute Gasteiger partial charge is 0.326 e. The van der Waals surface area contributed by atoms with Crippen LogP contribution in [0.3, 0.4) is 0 Å². The molecule has 2 aromatic carbocycles. The van der Waals surface area contributed by atoms with E-state index in [1.807, 2.05) is 18.2 Å². The Balaban J connectivity index is 1.71. The van der Waals surface area contributed by atoms with E-state index in [4.69, 9.17) is 0 Å². The van der Waals surface area contributed by atoms with E-state index in [2.05, 4.69) is 36.2 Å². The van der Waals surface area contributed by atoms with E-state index in [1.54, 1.807) is 6.08 Å². The average Bonchev–Trinajstić information content (AvgIpc) is 3.38. The Bertz CT molecular complexity index is 778. The highest BCUT2D eigenvalue weighted by Crippen LogP contribution is 2.49. The fraction of sp³-hybridized carbons (Fsp3) is 0.300. The lowest BCUT2D eigenvalue weighted by Crippen LogP contribution is -2.41. The largest absolute Gasteiger partial charge is 0.480 e. The van der Waals surface area contributed by atoms with E-state index in [1.165, 1.54) is 10.9 Å². The predicted octanol–water partition coefficient (Wildman–Crippen LogP) is 3.48. The Labute approximate surface area is 141 Å². The number of carbonyl (C=O) groups is 2. The molecule has 1 saturated carbocycles. The summed E-state index contributed by atoms with van der Waals surface area (Å²) in [5, 5.41) is 14.2. The molecule has 0 spiro atoms. The number of carboxylic acid groups (broad SMARTS) is 1. The topological polar surface area (TPSA) is 66.4 Å². The first-order valence-corrected chi connectivity index (χ1v) is 8.23. The minimum absolute atomic E-state index is 0.138. The minimum atomic E-state index is -0.993. The Morgan fingerprint density at radius 2 is 2.00 bits per heavy atom. The molecule has 2 aromatic rings. The number of amides is 1. The maximum absolute atomic E-state index is 12.4. The van der Waals surface area contributed by atoms with Crippen LogP contribution in [-0.4, -0.2) is 23.0 Å². The number of carbonyl (C=O) groups excluding carboxylic acids is 1. The fourth-order valence-electron chi connectivity index (χ4n) is 3.22. The zero-order chi connectivity index (χ0) is 17.1. The molecule has 2 N–H and O–H groups in total. The van der Waals surface area contributed by atoms with Gasteiger partial charge in [-0.25, -0.2) is 4.79 Å². The predicted molar refractivity (Wildman–Crippen MR) is 93.8 cm³/mol. The average molecular weight is 323 g/mol. The quantitative estimate of drug-likeness (QED) is 0.767. The summed E-state index contributed by atoms with van der Waals surface area (Å²) >= 11 is 0. The maximum Gasteiger partial charge on any atom is 0.326 e. The fourth-order valence-corrected chi connectivity index (χ4v) is 3.22. The number of allylic oxidation sites excluding steroid dienone is 1. The standard InChI is InChI=1S/C20H21NO3/c1-2-3-11-18(20(23)24)21-19(22)17-12-16(17)15-10-6-8-13-7-4-5-9-14(13)15/h2,4-10,16-18H,1,3,11-12H2,(H,21,22)(H,23,24). The summed E-state index contributed by atoms with van der Waals surface area (Å²) in [6, 6.07) is 13.4. The van der Waals surface area contributed by atoms with Crippen molar-refractivity contribution < 1.29 is 14.7 Å². The van der Waals surface area contributed by atoms with Crippen LogP contribution in [0.4, 0.5) is 0 Å². The molecule has 3 rings (SSSR count). The summed E-state index contributed by atoms with van der Waals surface area (Å²) in [7, 11) is 0. The molecule has 1 fully saturated rings. The third kappa shape index (κ3) is 3.32. The number of hydrogen-bond acceptors (Lipinski definition) is 2. The summed E-state index contributed by atoms with van der Waals surface area (Å²) < 4.78 is 0. The van der Waals surface area contributed by atoms with Crippen molar-refractivity contribution in [3.8, 4) is 0 Å². The number of carboxylic acids is 1. The van der Waals surface area contributed by atoms with Crippen LogP contribution in [0.2, 0.25) is 0 Å². The first-order chi connectivity index (χ1) is 11.6.